The molecule has 3 N–H and O–H groups in total. The zero-order valence-corrected chi connectivity index (χ0v) is 13.3. The summed E-state index contributed by atoms with van der Waals surface area (Å²) in [6, 6.07) is 3.75. The molecule has 8 heteroatoms. The molecule has 0 bridgehead atoms. The highest BCUT2D eigenvalue weighted by atomic mass is 16.4. The van der Waals surface area contributed by atoms with Gasteiger partial charge in [-0.25, -0.2) is 4.79 Å². The van der Waals surface area contributed by atoms with Gasteiger partial charge in [0.15, 0.2) is 5.76 Å². The van der Waals surface area contributed by atoms with Gasteiger partial charge in [0.05, 0.1) is 12.8 Å². The molecule has 1 unspecified atom stereocenters. The highest BCUT2D eigenvalue weighted by molar-refractivity contribution is 5.98. The number of aryl methyl sites for hydroxylation is 1. The first kappa shape index (κ1) is 17.3. The molecule has 0 aliphatic carbocycles. The Labute approximate surface area is 137 Å². The van der Waals surface area contributed by atoms with Crippen LogP contribution in [0.15, 0.2) is 33.3 Å². The van der Waals surface area contributed by atoms with Crippen LogP contribution < -0.4 is 10.6 Å². The van der Waals surface area contributed by atoms with Gasteiger partial charge in [-0.15, -0.1) is 0 Å². The maximum atomic E-state index is 12.1. The molecule has 8 nitrogen and oxygen atoms in total. The molecule has 2 aromatic rings. The summed E-state index contributed by atoms with van der Waals surface area (Å²) < 4.78 is 10.3. The molecule has 2 rings (SSSR count). The normalized spacial score (nSPS) is 11.8. The van der Waals surface area contributed by atoms with E-state index in [-0.39, 0.29) is 23.6 Å². The minimum atomic E-state index is -1.17. The quantitative estimate of drug-likeness (QED) is 0.706. The lowest BCUT2D eigenvalue weighted by Crippen LogP contribution is -2.44. The number of carbonyl (C=O) groups is 3. The standard InChI is InChI=1S/C16H18N2O6/c1-3-12-11(16(21)22)7-13(24-12)15(20)18-9(2)14(19)17-8-10-5-4-6-23-10/h4-7,9H,3,8H2,1-2H3,(H,17,19)(H,18,20)(H,21,22). The van der Waals surface area contributed by atoms with E-state index in [1.54, 1.807) is 19.1 Å². The third kappa shape index (κ3) is 4.03. The predicted octanol–water partition coefficient (Wildman–Crippen LogP) is 1.57. The second-order valence-corrected chi connectivity index (χ2v) is 5.10. The van der Waals surface area contributed by atoms with Crippen molar-refractivity contribution in [2.24, 2.45) is 0 Å². The Bertz CT molecular complexity index is 732. The minimum absolute atomic E-state index is 0.0578. The van der Waals surface area contributed by atoms with Crippen molar-refractivity contribution >= 4 is 17.8 Å². The maximum absolute atomic E-state index is 12.1. The Balaban J connectivity index is 1.95. The summed E-state index contributed by atoms with van der Waals surface area (Å²) in [5.74, 6) is -1.57. The fourth-order valence-corrected chi connectivity index (χ4v) is 2.06. The number of nitrogens with one attached hydrogen (secondary N) is 2. The number of furan rings is 2. The van der Waals surface area contributed by atoms with Crippen molar-refractivity contribution in [3.8, 4) is 0 Å². The van der Waals surface area contributed by atoms with Crippen molar-refractivity contribution in [1.82, 2.24) is 10.6 Å². The largest absolute Gasteiger partial charge is 0.478 e. The van der Waals surface area contributed by atoms with Crippen LogP contribution >= 0.6 is 0 Å². The van der Waals surface area contributed by atoms with E-state index in [4.69, 9.17) is 13.9 Å². The lowest BCUT2D eigenvalue weighted by Gasteiger charge is -2.12. The van der Waals surface area contributed by atoms with Gasteiger partial charge < -0.3 is 24.6 Å². The van der Waals surface area contributed by atoms with Gasteiger partial charge in [-0.1, -0.05) is 6.92 Å². The molecular formula is C16H18N2O6. The van der Waals surface area contributed by atoms with Crippen LogP contribution in [0.5, 0.6) is 0 Å². The average molecular weight is 334 g/mol. The molecule has 128 valence electrons. The van der Waals surface area contributed by atoms with E-state index in [2.05, 4.69) is 10.6 Å². The molecule has 0 aliphatic rings. The molecule has 0 aromatic carbocycles. The Kier molecular flexibility index (Phi) is 5.41. The lowest BCUT2D eigenvalue weighted by atomic mass is 10.2. The highest BCUT2D eigenvalue weighted by Crippen LogP contribution is 2.16. The zero-order valence-electron chi connectivity index (χ0n) is 13.3. The number of carboxylic acids is 1. The third-order valence-electron chi connectivity index (χ3n) is 3.34. The van der Waals surface area contributed by atoms with Crippen LogP contribution in [0.1, 0.15) is 46.3 Å². The first-order chi connectivity index (χ1) is 11.4. The first-order valence-electron chi connectivity index (χ1n) is 7.39. The topological polar surface area (TPSA) is 122 Å². The molecule has 0 saturated heterocycles. The van der Waals surface area contributed by atoms with Crippen molar-refractivity contribution in [3.63, 3.8) is 0 Å². The fourth-order valence-electron chi connectivity index (χ4n) is 2.06. The van der Waals surface area contributed by atoms with Crippen LogP contribution in [0, 0.1) is 0 Å². The van der Waals surface area contributed by atoms with Crippen LogP contribution in [-0.4, -0.2) is 28.9 Å². The number of hydrogen-bond acceptors (Lipinski definition) is 5. The molecule has 0 aliphatic heterocycles. The SMILES string of the molecule is CCc1oc(C(=O)NC(C)C(=O)NCc2ccco2)cc1C(=O)O. The number of rotatable bonds is 7. The van der Waals surface area contributed by atoms with Crippen molar-refractivity contribution in [3.05, 3.63) is 47.3 Å². The molecule has 0 spiro atoms. The van der Waals surface area contributed by atoms with Crippen molar-refractivity contribution in [2.75, 3.05) is 0 Å². The predicted molar refractivity (Wildman–Crippen MR) is 82.5 cm³/mol. The maximum Gasteiger partial charge on any atom is 0.339 e. The summed E-state index contributed by atoms with van der Waals surface area (Å²) in [5, 5.41) is 14.1. The van der Waals surface area contributed by atoms with Crippen LogP contribution in [0.3, 0.4) is 0 Å². The highest BCUT2D eigenvalue weighted by Gasteiger charge is 2.23. The van der Waals surface area contributed by atoms with E-state index in [9.17, 15) is 14.4 Å². The molecule has 2 heterocycles. The van der Waals surface area contributed by atoms with Crippen LogP contribution in [0.25, 0.3) is 0 Å². The summed E-state index contributed by atoms with van der Waals surface area (Å²) in [5.41, 5.74) is -0.0578. The van der Waals surface area contributed by atoms with Crippen LogP contribution in [0.2, 0.25) is 0 Å². The van der Waals surface area contributed by atoms with Gasteiger partial charge in [0.25, 0.3) is 5.91 Å². The summed E-state index contributed by atoms with van der Waals surface area (Å²) in [4.78, 5) is 35.1. The van der Waals surface area contributed by atoms with Gasteiger partial charge in [-0.3, -0.25) is 9.59 Å². The van der Waals surface area contributed by atoms with Crippen molar-refractivity contribution in [2.45, 2.75) is 32.9 Å². The van der Waals surface area contributed by atoms with E-state index in [0.717, 1.165) is 6.07 Å². The van der Waals surface area contributed by atoms with E-state index in [0.29, 0.717) is 12.2 Å². The van der Waals surface area contributed by atoms with Gasteiger partial charge in [-0.05, 0) is 19.1 Å². The number of carboxylic acid groups (broad SMARTS) is 1. The molecule has 0 saturated carbocycles. The Hall–Kier alpha value is -3.03. The molecular weight excluding hydrogens is 316 g/mol. The summed E-state index contributed by atoms with van der Waals surface area (Å²) >= 11 is 0. The summed E-state index contributed by atoms with van der Waals surface area (Å²) in [7, 11) is 0. The second kappa shape index (κ2) is 7.49. The van der Waals surface area contributed by atoms with E-state index < -0.39 is 23.8 Å². The number of carbonyl (C=O) groups excluding carboxylic acids is 2. The van der Waals surface area contributed by atoms with Crippen LogP contribution in [-0.2, 0) is 17.8 Å². The number of amides is 2. The van der Waals surface area contributed by atoms with Gasteiger partial charge in [0, 0.05) is 12.5 Å². The number of aromatic carboxylic acids is 1. The Morgan fingerprint density at radius 1 is 1.33 bits per heavy atom. The van der Waals surface area contributed by atoms with Crippen molar-refractivity contribution in [1.29, 1.82) is 0 Å². The monoisotopic (exact) mass is 334 g/mol. The van der Waals surface area contributed by atoms with E-state index in [1.165, 1.54) is 13.2 Å². The number of hydrogen-bond donors (Lipinski definition) is 3. The van der Waals surface area contributed by atoms with Crippen molar-refractivity contribution < 1.29 is 28.3 Å². The van der Waals surface area contributed by atoms with Gasteiger partial charge in [0.1, 0.15) is 23.1 Å². The van der Waals surface area contributed by atoms with Gasteiger partial charge in [-0.2, -0.15) is 0 Å². The smallest absolute Gasteiger partial charge is 0.339 e. The zero-order chi connectivity index (χ0) is 17.7. The molecule has 1 atom stereocenters. The Morgan fingerprint density at radius 3 is 2.62 bits per heavy atom. The molecule has 2 amide bonds. The minimum Gasteiger partial charge on any atom is -0.478 e. The lowest BCUT2D eigenvalue weighted by molar-refractivity contribution is -0.122. The summed E-state index contributed by atoms with van der Waals surface area (Å²) in [6.07, 6.45) is 1.84. The molecule has 0 radical (unpaired) electrons. The molecule has 2 aromatic heterocycles. The summed E-state index contributed by atoms with van der Waals surface area (Å²) in [6.45, 7) is 3.44. The van der Waals surface area contributed by atoms with Gasteiger partial charge in [0.2, 0.25) is 5.91 Å². The first-order valence-corrected chi connectivity index (χ1v) is 7.39. The average Bonchev–Trinajstić information content (AvgIpc) is 3.21. The van der Waals surface area contributed by atoms with E-state index >= 15 is 0 Å². The second-order valence-electron chi connectivity index (χ2n) is 5.10. The van der Waals surface area contributed by atoms with Gasteiger partial charge >= 0.3 is 5.97 Å². The molecule has 24 heavy (non-hydrogen) atoms. The van der Waals surface area contributed by atoms with Crippen LogP contribution in [0.4, 0.5) is 0 Å². The Morgan fingerprint density at radius 2 is 2.08 bits per heavy atom. The molecule has 0 fully saturated rings. The fraction of sp³-hybridized carbons (Fsp3) is 0.312. The third-order valence-corrected chi connectivity index (χ3v) is 3.34. The van der Waals surface area contributed by atoms with E-state index in [1.807, 2.05) is 0 Å².